The highest BCUT2D eigenvalue weighted by molar-refractivity contribution is 5.33. The highest BCUT2D eigenvalue weighted by Crippen LogP contribution is 2.17. The number of aliphatic hydroxyl groups is 1. The molecule has 0 aliphatic rings. The Hall–Kier alpha value is -1.32. The van der Waals surface area contributed by atoms with Gasteiger partial charge in [0.25, 0.3) is 0 Å². The molecule has 0 radical (unpaired) electrons. The average Bonchev–Trinajstić information content (AvgIpc) is 2.38. The van der Waals surface area contributed by atoms with Gasteiger partial charge in [0.1, 0.15) is 12.4 Å². The Bertz CT molecular complexity index is 335. The molecule has 94 valence electrons. The van der Waals surface area contributed by atoms with Crippen molar-refractivity contribution in [2.24, 2.45) is 0 Å². The molecule has 0 aliphatic heterocycles. The van der Waals surface area contributed by atoms with Crippen LogP contribution >= 0.6 is 0 Å². The molecule has 2 N–H and O–H groups in total. The normalized spacial score (nSPS) is 12.1. The van der Waals surface area contributed by atoms with Crippen LogP contribution < -0.4 is 10.1 Å². The summed E-state index contributed by atoms with van der Waals surface area (Å²) >= 11 is 0. The lowest BCUT2D eigenvalue weighted by atomic mass is 10.1. The zero-order chi connectivity index (χ0) is 12.5. The predicted molar refractivity (Wildman–Crippen MR) is 70.1 cm³/mol. The van der Waals surface area contributed by atoms with Gasteiger partial charge in [-0.1, -0.05) is 37.8 Å². The fourth-order valence-corrected chi connectivity index (χ4v) is 1.53. The number of benzene rings is 1. The van der Waals surface area contributed by atoms with E-state index < -0.39 is 0 Å². The van der Waals surface area contributed by atoms with Crippen LogP contribution in [-0.2, 0) is 6.54 Å². The van der Waals surface area contributed by atoms with Crippen molar-refractivity contribution in [3.8, 4) is 5.75 Å². The monoisotopic (exact) mass is 235 g/mol. The molecule has 0 saturated heterocycles. The molecule has 0 aliphatic carbocycles. The van der Waals surface area contributed by atoms with Crippen LogP contribution in [-0.4, -0.2) is 24.4 Å². The largest absolute Gasteiger partial charge is 0.489 e. The number of aliphatic hydroxyl groups excluding tert-OH is 1. The molecule has 0 fully saturated rings. The zero-order valence-corrected chi connectivity index (χ0v) is 10.4. The molecule has 17 heavy (non-hydrogen) atoms. The van der Waals surface area contributed by atoms with Gasteiger partial charge in [0.15, 0.2) is 0 Å². The number of hydrogen-bond donors (Lipinski definition) is 2. The van der Waals surface area contributed by atoms with Gasteiger partial charge < -0.3 is 15.2 Å². The first-order valence-corrected chi connectivity index (χ1v) is 5.97. The second kappa shape index (κ2) is 7.87. The van der Waals surface area contributed by atoms with E-state index in [1.54, 1.807) is 6.08 Å². The average molecular weight is 235 g/mol. The highest BCUT2D eigenvalue weighted by Gasteiger charge is 2.06. The van der Waals surface area contributed by atoms with E-state index in [1.807, 2.05) is 31.2 Å². The number of hydrogen-bond acceptors (Lipinski definition) is 3. The van der Waals surface area contributed by atoms with Gasteiger partial charge in [-0.2, -0.15) is 0 Å². The summed E-state index contributed by atoms with van der Waals surface area (Å²) < 4.78 is 5.57. The van der Waals surface area contributed by atoms with Gasteiger partial charge in [0.05, 0.1) is 6.61 Å². The minimum atomic E-state index is 0.141. The van der Waals surface area contributed by atoms with Gasteiger partial charge in [0.2, 0.25) is 0 Å². The van der Waals surface area contributed by atoms with Crippen molar-refractivity contribution < 1.29 is 9.84 Å². The summed E-state index contributed by atoms with van der Waals surface area (Å²) in [7, 11) is 0. The maximum Gasteiger partial charge on any atom is 0.124 e. The van der Waals surface area contributed by atoms with E-state index in [-0.39, 0.29) is 12.6 Å². The molecule has 0 aromatic heterocycles. The van der Waals surface area contributed by atoms with E-state index in [0.717, 1.165) is 17.7 Å². The van der Waals surface area contributed by atoms with Crippen LogP contribution in [0.2, 0.25) is 0 Å². The summed E-state index contributed by atoms with van der Waals surface area (Å²) in [6.07, 6.45) is 2.64. The minimum absolute atomic E-state index is 0.141. The molecule has 3 heteroatoms. The Labute approximate surface area is 103 Å². The third-order valence-electron chi connectivity index (χ3n) is 2.62. The standard InChI is InChI=1S/C14H21NO2/c1-3-9-17-14-8-6-5-7-12(14)10-15-13(4-2)11-16/h3,5-8,13,15-16H,1,4,9-11H2,2H3. The smallest absolute Gasteiger partial charge is 0.124 e. The highest BCUT2D eigenvalue weighted by atomic mass is 16.5. The van der Waals surface area contributed by atoms with Crippen LogP contribution in [0, 0.1) is 0 Å². The topological polar surface area (TPSA) is 41.5 Å². The molecular weight excluding hydrogens is 214 g/mol. The lowest BCUT2D eigenvalue weighted by Crippen LogP contribution is -2.31. The number of rotatable bonds is 8. The predicted octanol–water partition coefficient (Wildman–Crippen LogP) is 2.11. The molecule has 0 spiro atoms. The summed E-state index contributed by atoms with van der Waals surface area (Å²) in [6.45, 7) is 7.05. The quantitative estimate of drug-likeness (QED) is 0.678. The fraction of sp³-hybridized carbons (Fsp3) is 0.429. The van der Waals surface area contributed by atoms with Crippen LogP contribution in [0.5, 0.6) is 5.75 Å². The van der Waals surface area contributed by atoms with Crippen LogP contribution in [0.1, 0.15) is 18.9 Å². The molecule has 1 unspecified atom stereocenters. The van der Waals surface area contributed by atoms with E-state index in [9.17, 15) is 0 Å². The second-order valence-corrected chi connectivity index (χ2v) is 3.88. The summed E-state index contributed by atoms with van der Waals surface area (Å²) in [4.78, 5) is 0. The van der Waals surface area contributed by atoms with Gasteiger partial charge in [0, 0.05) is 18.2 Å². The van der Waals surface area contributed by atoms with Crippen LogP contribution in [0.25, 0.3) is 0 Å². The van der Waals surface area contributed by atoms with E-state index >= 15 is 0 Å². The molecule has 0 heterocycles. The molecule has 0 saturated carbocycles. The summed E-state index contributed by atoms with van der Waals surface area (Å²) in [5.41, 5.74) is 1.10. The third-order valence-corrected chi connectivity index (χ3v) is 2.62. The van der Waals surface area contributed by atoms with Crippen molar-refractivity contribution in [1.82, 2.24) is 5.32 Å². The van der Waals surface area contributed by atoms with Gasteiger partial charge >= 0.3 is 0 Å². The van der Waals surface area contributed by atoms with Crippen molar-refractivity contribution in [2.75, 3.05) is 13.2 Å². The Kier molecular flexibility index (Phi) is 6.37. The van der Waals surface area contributed by atoms with E-state index in [2.05, 4.69) is 11.9 Å². The number of ether oxygens (including phenoxy) is 1. The van der Waals surface area contributed by atoms with Crippen molar-refractivity contribution in [3.63, 3.8) is 0 Å². The SMILES string of the molecule is C=CCOc1ccccc1CNC(CC)CO. The molecule has 0 bridgehead atoms. The van der Waals surface area contributed by atoms with Gasteiger partial charge in [-0.25, -0.2) is 0 Å². The molecule has 1 atom stereocenters. The minimum Gasteiger partial charge on any atom is -0.489 e. The Balaban J connectivity index is 2.59. The lowest BCUT2D eigenvalue weighted by Gasteiger charge is -2.16. The third kappa shape index (κ3) is 4.59. The maximum absolute atomic E-state index is 9.11. The molecule has 1 aromatic carbocycles. The first kappa shape index (κ1) is 13.7. The Morgan fingerprint density at radius 2 is 2.24 bits per heavy atom. The van der Waals surface area contributed by atoms with Crippen molar-refractivity contribution in [2.45, 2.75) is 25.9 Å². The van der Waals surface area contributed by atoms with Crippen molar-refractivity contribution in [1.29, 1.82) is 0 Å². The van der Waals surface area contributed by atoms with Gasteiger partial charge in [-0.15, -0.1) is 0 Å². The summed E-state index contributed by atoms with van der Waals surface area (Å²) in [5.74, 6) is 0.868. The first-order chi connectivity index (χ1) is 8.31. The molecular formula is C14H21NO2. The number of para-hydroxylation sites is 1. The molecule has 1 rings (SSSR count). The van der Waals surface area contributed by atoms with Crippen molar-refractivity contribution in [3.05, 3.63) is 42.5 Å². The van der Waals surface area contributed by atoms with E-state index in [1.165, 1.54) is 0 Å². The van der Waals surface area contributed by atoms with Crippen LogP contribution in [0.3, 0.4) is 0 Å². The summed E-state index contributed by atoms with van der Waals surface area (Å²) in [5, 5.41) is 12.4. The molecule has 3 nitrogen and oxygen atoms in total. The van der Waals surface area contributed by atoms with E-state index in [4.69, 9.17) is 9.84 Å². The summed E-state index contributed by atoms with van der Waals surface area (Å²) in [6, 6.07) is 8.04. The van der Waals surface area contributed by atoms with Gasteiger partial charge in [-0.05, 0) is 12.5 Å². The maximum atomic E-state index is 9.11. The Morgan fingerprint density at radius 1 is 1.47 bits per heavy atom. The van der Waals surface area contributed by atoms with Gasteiger partial charge in [-0.3, -0.25) is 0 Å². The van der Waals surface area contributed by atoms with Crippen molar-refractivity contribution >= 4 is 0 Å². The lowest BCUT2D eigenvalue weighted by molar-refractivity contribution is 0.237. The fourth-order valence-electron chi connectivity index (χ4n) is 1.53. The first-order valence-electron chi connectivity index (χ1n) is 5.97. The molecule has 1 aromatic rings. The number of nitrogens with one attached hydrogen (secondary N) is 1. The Morgan fingerprint density at radius 3 is 2.88 bits per heavy atom. The zero-order valence-electron chi connectivity index (χ0n) is 10.4. The molecule has 0 amide bonds. The van der Waals surface area contributed by atoms with E-state index in [0.29, 0.717) is 13.2 Å². The second-order valence-electron chi connectivity index (χ2n) is 3.88. The van der Waals surface area contributed by atoms with Crippen LogP contribution in [0.15, 0.2) is 36.9 Å². The van der Waals surface area contributed by atoms with Crippen LogP contribution in [0.4, 0.5) is 0 Å².